The topological polar surface area (TPSA) is 58.6 Å². The van der Waals surface area contributed by atoms with Crippen LogP contribution in [0.5, 0.6) is 0 Å². The molecule has 0 aliphatic carbocycles. The van der Waals surface area contributed by atoms with Crippen molar-refractivity contribution in [1.29, 1.82) is 0 Å². The summed E-state index contributed by atoms with van der Waals surface area (Å²) in [5.41, 5.74) is -0.474. The smallest absolute Gasteiger partial charge is 0.243 e. The van der Waals surface area contributed by atoms with Crippen LogP contribution in [0, 0.1) is 5.92 Å². The van der Waals surface area contributed by atoms with Gasteiger partial charge in [0.1, 0.15) is 6.04 Å². The Morgan fingerprint density at radius 3 is 2.53 bits per heavy atom. The molecule has 1 unspecified atom stereocenters. The molecule has 0 saturated carbocycles. The first-order valence-corrected chi connectivity index (χ1v) is 5.90. The lowest BCUT2D eigenvalue weighted by atomic mass is 9.92. The average molecular weight is 242 g/mol. The number of carbonyl (C=O) groups is 2. The van der Waals surface area contributed by atoms with Gasteiger partial charge in [-0.2, -0.15) is 0 Å². The normalized spacial score (nSPS) is 22.0. The molecule has 5 nitrogen and oxygen atoms in total. The zero-order valence-electron chi connectivity index (χ0n) is 11.2. The van der Waals surface area contributed by atoms with E-state index < -0.39 is 11.6 Å². The first-order valence-electron chi connectivity index (χ1n) is 5.90. The molecule has 17 heavy (non-hydrogen) atoms. The molecule has 1 saturated heterocycles. The molecular formula is C12H22N2O3. The summed E-state index contributed by atoms with van der Waals surface area (Å²) in [6.45, 7) is 8.21. The Hall–Kier alpha value is -1.10. The van der Waals surface area contributed by atoms with Crippen molar-refractivity contribution >= 4 is 11.8 Å². The van der Waals surface area contributed by atoms with Gasteiger partial charge in [-0.1, -0.05) is 13.8 Å². The maximum atomic E-state index is 12.0. The quantitative estimate of drug-likeness (QED) is 0.776. The maximum absolute atomic E-state index is 12.0. The summed E-state index contributed by atoms with van der Waals surface area (Å²) in [6.07, 6.45) is 0. The van der Waals surface area contributed by atoms with Gasteiger partial charge >= 0.3 is 0 Å². The van der Waals surface area contributed by atoms with Gasteiger partial charge in [-0.3, -0.25) is 9.59 Å². The van der Waals surface area contributed by atoms with E-state index in [1.165, 1.54) is 0 Å². The molecule has 0 bridgehead atoms. The van der Waals surface area contributed by atoms with Gasteiger partial charge in [0, 0.05) is 7.11 Å². The summed E-state index contributed by atoms with van der Waals surface area (Å²) < 4.78 is 5.15. The van der Waals surface area contributed by atoms with E-state index in [1.54, 1.807) is 12.0 Å². The zero-order chi connectivity index (χ0) is 13.2. The fourth-order valence-electron chi connectivity index (χ4n) is 2.36. The van der Waals surface area contributed by atoms with Crippen LogP contribution in [-0.2, 0) is 14.3 Å². The summed E-state index contributed by atoms with van der Waals surface area (Å²) in [6, 6.07) is -0.415. The Balaban J connectivity index is 3.04. The van der Waals surface area contributed by atoms with E-state index >= 15 is 0 Å². The van der Waals surface area contributed by atoms with E-state index in [1.807, 2.05) is 27.7 Å². The highest BCUT2D eigenvalue weighted by atomic mass is 16.5. The molecule has 1 N–H and O–H groups in total. The molecule has 98 valence electrons. The van der Waals surface area contributed by atoms with Gasteiger partial charge in [0.25, 0.3) is 0 Å². The highest BCUT2D eigenvalue weighted by Crippen LogP contribution is 2.25. The molecule has 1 aliphatic rings. The molecule has 0 aromatic heterocycles. The predicted molar refractivity (Wildman–Crippen MR) is 64.4 cm³/mol. The van der Waals surface area contributed by atoms with Crippen LogP contribution in [0.1, 0.15) is 27.7 Å². The Bertz CT molecular complexity index is 313. The second-order valence-electron chi connectivity index (χ2n) is 5.42. The third kappa shape index (κ3) is 2.77. The number of piperazine rings is 1. The molecule has 1 atom stereocenters. The van der Waals surface area contributed by atoms with Gasteiger partial charge in [-0.25, -0.2) is 0 Å². The van der Waals surface area contributed by atoms with Crippen LogP contribution in [0.25, 0.3) is 0 Å². The minimum absolute atomic E-state index is 0.0506. The van der Waals surface area contributed by atoms with Crippen LogP contribution in [-0.4, -0.2) is 48.6 Å². The van der Waals surface area contributed by atoms with Crippen molar-refractivity contribution in [3.05, 3.63) is 0 Å². The number of amides is 2. The fourth-order valence-corrected chi connectivity index (χ4v) is 2.36. The number of nitrogens with zero attached hydrogens (tertiary/aromatic N) is 1. The standard InChI is InChI=1S/C12H22N2O3/c1-8(2)10-11(16)13-6-9(15)14(10)12(3,4)7-17-5/h8,10H,6-7H2,1-5H3,(H,13,16). The van der Waals surface area contributed by atoms with Gasteiger partial charge in [0.15, 0.2) is 0 Å². The van der Waals surface area contributed by atoms with Crippen molar-refractivity contribution in [2.45, 2.75) is 39.3 Å². The van der Waals surface area contributed by atoms with Crippen molar-refractivity contribution in [3.63, 3.8) is 0 Å². The van der Waals surface area contributed by atoms with Gasteiger partial charge in [-0.15, -0.1) is 0 Å². The van der Waals surface area contributed by atoms with Crippen LogP contribution in [0.3, 0.4) is 0 Å². The number of nitrogens with one attached hydrogen (secondary N) is 1. The first kappa shape index (κ1) is 14.0. The van der Waals surface area contributed by atoms with Crippen LogP contribution < -0.4 is 5.32 Å². The predicted octanol–water partition coefficient (Wildman–Crippen LogP) is 0.394. The van der Waals surface area contributed by atoms with Crippen LogP contribution >= 0.6 is 0 Å². The highest BCUT2D eigenvalue weighted by Gasteiger charge is 2.44. The lowest BCUT2D eigenvalue weighted by Gasteiger charge is -2.46. The van der Waals surface area contributed by atoms with E-state index in [4.69, 9.17) is 4.74 Å². The lowest BCUT2D eigenvalue weighted by molar-refractivity contribution is -0.156. The Morgan fingerprint density at radius 2 is 2.06 bits per heavy atom. The number of hydrogen-bond acceptors (Lipinski definition) is 3. The zero-order valence-corrected chi connectivity index (χ0v) is 11.2. The largest absolute Gasteiger partial charge is 0.382 e. The summed E-state index contributed by atoms with van der Waals surface area (Å²) >= 11 is 0. The Morgan fingerprint density at radius 1 is 1.47 bits per heavy atom. The number of rotatable bonds is 4. The second-order valence-corrected chi connectivity index (χ2v) is 5.42. The molecule has 0 aromatic carbocycles. The third-order valence-electron chi connectivity index (χ3n) is 3.01. The van der Waals surface area contributed by atoms with Crippen LogP contribution in [0.15, 0.2) is 0 Å². The van der Waals surface area contributed by atoms with E-state index in [9.17, 15) is 9.59 Å². The Labute approximate surface area is 102 Å². The molecule has 0 spiro atoms. The number of methoxy groups -OCH3 is 1. The summed E-state index contributed by atoms with van der Waals surface area (Å²) in [5, 5.41) is 2.64. The summed E-state index contributed by atoms with van der Waals surface area (Å²) in [4.78, 5) is 25.6. The third-order valence-corrected chi connectivity index (χ3v) is 3.01. The molecule has 1 heterocycles. The molecule has 0 radical (unpaired) electrons. The van der Waals surface area contributed by atoms with Gasteiger partial charge in [-0.05, 0) is 19.8 Å². The Kier molecular flexibility index (Phi) is 4.14. The molecule has 5 heteroatoms. The van der Waals surface area contributed by atoms with E-state index in [-0.39, 0.29) is 24.3 Å². The van der Waals surface area contributed by atoms with Crippen molar-refractivity contribution in [2.75, 3.05) is 20.3 Å². The molecule has 1 rings (SSSR count). The van der Waals surface area contributed by atoms with Gasteiger partial charge in [0.05, 0.1) is 18.7 Å². The molecule has 0 aromatic rings. The van der Waals surface area contributed by atoms with Crippen LogP contribution in [0.2, 0.25) is 0 Å². The summed E-state index contributed by atoms with van der Waals surface area (Å²) in [5.74, 6) is -0.0514. The minimum atomic E-state index is -0.474. The molecule has 2 amide bonds. The van der Waals surface area contributed by atoms with E-state index in [0.29, 0.717) is 6.61 Å². The monoisotopic (exact) mass is 242 g/mol. The van der Waals surface area contributed by atoms with Gasteiger partial charge < -0.3 is 15.0 Å². The number of hydrogen-bond donors (Lipinski definition) is 1. The minimum Gasteiger partial charge on any atom is -0.382 e. The highest BCUT2D eigenvalue weighted by molar-refractivity contribution is 5.95. The summed E-state index contributed by atoms with van der Waals surface area (Å²) in [7, 11) is 1.60. The SMILES string of the molecule is COCC(C)(C)N1C(=O)CNC(=O)C1C(C)C. The molecular weight excluding hydrogens is 220 g/mol. The lowest BCUT2D eigenvalue weighted by Crippen LogP contribution is -2.67. The number of ether oxygens (including phenoxy) is 1. The molecule has 1 fully saturated rings. The van der Waals surface area contributed by atoms with E-state index in [0.717, 1.165) is 0 Å². The van der Waals surface area contributed by atoms with Crippen molar-refractivity contribution < 1.29 is 14.3 Å². The van der Waals surface area contributed by atoms with Crippen LogP contribution in [0.4, 0.5) is 0 Å². The number of carbonyl (C=O) groups excluding carboxylic acids is 2. The molecule has 1 aliphatic heterocycles. The van der Waals surface area contributed by atoms with E-state index in [2.05, 4.69) is 5.32 Å². The first-order chi connectivity index (χ1) is 7.81. The average Bonchev–Trinajstić information content (AvgIpc) is 2.20. The van der Waals surface area contributed by atoms with Crippen molar-refractivity contribution in [1.82, 2.24) is 10.2 Å². The maximum Gasteiger partial charge on any atom is 0.243 e. The van der Waals surface area contributed by atoms with Crippen molar-refractivity contribution in [2.24, 2.45) is 5.92 Å². The second kappa shape index (κ2) is 5.04. The van der Waals surface area contributed by atoms with Crippen molar-refractivity contribution in [3.8, 4) is 0 Å². The van der Waals surface area contributed by atoms with Gasteiger partial charge in [0.2, 0.25) is 11.8 Å². The fraction of sp³-hybridized carbons (Fsp3) is 0.833.